The van der Waals surface area contributed by atoms with Gasteiger partial charge >= 0.3 is 0 Å². The molecule has 2 aromatic carbocycles. The summed E-state index contributed by atoms with van der Waals surface area (Å²) in [5.74, 6) is 1.13. The number of para-hydroxylation sites is 1. The van der Waals surface area contributed by atoms with E-state index in [1.54, 1.807) is 30.6 Å². The van der Waals surface area contributed by atoms with E-state index in [2.05, 4.69) is 23.3 Å². The predicted octanol–water partition coefficient (Wildman–Crippen LogP) is 6.57. The van der Waals surface area contributed by atoms with Crippen LogP contribution in [0.2, 0.25) is 0 Å². The Balaban J connectivity index is 1.64. The van der Waals surface area contributed by atoms with Gasteiger partial charge in [-0.3, -0.25) is 9.78 Å². The Hall–Kier alpha value is -3.34. The first kappa shape index (κ1) is 23.3. The Morgan fingerprint density at radius 2 is 1.78 bits per heavy atom. The van der Waals surface area contributed by atoms with Crippen molar-refractivity contribution >= 4 is 11.6 Å². The topological polar surface area (TPSA) is 60.5 Å². The summed E-state index contributed by atoms with van der Waals surface area (Å²) in [6.45, 7) is 5.29. The van der Waals surface area contributed by atoms with E-state index < -0.39 is 0 Å². The molecule has 1 amide bonds. The van der Waals surface area contributed by atoms with E-state index in [0.717, 1.165) is 23.3 Å². The predicted molar refractivity (Wildman–Crippen MR) is 128 cm³/mol. The Morgan fingerprint density at radius 3 is 2.59 bits per heavy atom. The lowest BCUT2D eigenvalue weighted by atomic mass is 10.1. The smallest absolute Gasteiger partial charge is 0.259 e. The van der Waals surface area contributed by atoms with Crippen LogP contribution >= 0.6 is 0 Å². The standard InChI is InChI=1S/C27H32N2O3/c1-3-4-5-6-9-17-31-25-15-14-21(2)18-22(25)20-32-26-13-8-7-12-24(26)27(30)29-23-11-10-16-28-19-23/h7-8,10-16,18-19H,3-6,9,17,20H2,1-2H3,(H,29,30). The first-order chi connectivity index (χ1) is 15.7. The summed E-state index contributed by atoms with van der Waals surface area (Å²) < 4.78 is 12.1. The molecule has 3 rings (SSSR count). The third-order valence-electron chi connectivity index (χ3n) is 5.16. The Labute approximate surface area is 190 Å². The van der Waals surface area contributed by atoms with Crippen molar-refractivity contribution in [1.82, 2.24) is 4.98 Å². The number of aromatic nitrogens is 1. The fraction of sp³-hybridized carbons (Fsp3) is 0.333. The number of carbonyl (C=O) groups is 1. The number of hydrogen-bond donors (Lipinski definition) is 1. The minimum atomic E-state index is -0.235. The van der Waals surface area contributed by atoms with Crippen LogP contribution < -0.4 is 14.8 Å². The van der Waals surface area contributed by atoms with Gasteiger partial charge in [0.25, 0.3) is 5.91 Å². The lowest BCUT2D eigenvalue weighted by Gasteiger charge is -2.15. The summed E-state index contributed by atoms with van der Waals surface area (Å²) in [5.41, 5.74) is 3.23. The highest BCUT2D eigenvalue weighted by atomic mass is 16.5. The normalized spacial score (nSPS) is 10.6. The average Bonchev–Trinajstić information content (AvgIpc) is 2.81. The highest BCUT2D eigenvalue weighted by Gasteiger charge is 2.14. The largest absolute Gasteiger partial charge is 0.493 e. The maximum atomic E-state index is 12.8. The van der Waals surface area contributed by atoms with E-state index in [0.29, 0.717) is 30.2 Å². The molecule has 32 heavy (non-hydrogen) atoms. The minimum Gasteiger partial charge on any atom is -0.493 e. The molecule has 0 saturated heterocycles. The number of amides is 1. The van der Waals surface area contributed by atoms with Crippen molar-refractivity contribution < 1.29 is 14.3 Å². The second-order valence-corrected chi connectivity index (χ2v) is 7.85. The van der Waals surface area contributed by atoms with Gasteiger partial charge in [-0.25, -0.2) is 0 Å². The Kier molecular flexibility index (Phi) is 9.11. The van der Waals surface area contributed by atoms with Crippen LogP contribution in [0.25, 0.3) is 0 Å². The van der Waals surface area contributed by atoms with E-state index >= 15 is 0 Å². The molecule has 1 aromatic heterocycles. The molecule has 0 aliphatic rings. The molecule has 0 aliphatic heterocycles. The highest BCUT2D eigenvalue weighted by molar-refractivity contribution is 6.06. The fourth-order valence-electron chi connectivity index (χ4n) is 3.42. The lowest BCUT2D eigenvalue weighted by molar-refractivity contribution is 0.102. The van der Waals surface area contributed by atoms with Gasteiger partial charge in [0.1, 0.15) is 18.1 Å². The SMILES string of the molecule is CCCCCCCOc1ccc(C)cc1COc1ccccc1C(=O)Nc1cccnc1. The van der Waals surface area contributed by atoms with Crippen LogP contribution in [0.15, 0.2) is 67.0 Å². The second kappa shape index (κ2) is 12.5. The zero-order valence-corrected chi connectivity index (χ0v) is 19.0. The molecule has 0 spiro atoms. The van der Waals surface area contributed by atoms with Crippen LogP contribution in [0.4, 0.5) is 5.69 Å². The van der Waals surface area contributed by atoms with Crippen LogP contribution in [0.1, 0.15) is 60.5 Å². The van der Waals surface area contributed by atoms with Crippen molar-refractivity contribution in [2.24, 2.45) is 0 Å². The number of pyridine rings is 1. The van der Waals surface area contributed by atoms with Crippen molar-refractivity contribution in [2.75, 3.05) is 11.9 Å². The number of benzene rings is 2. The number of aryl methyl sites for hydroxylation is 1. The number of nitrogens with one attached hydrogen (secondary N) is 1. The molecule has 0 atom stereocenters. The summed E-state index contributed by atoms with van der Waals surface area (Å²) in [6.07, 6.45) is 9.27. The maximum absolute atomic E-state index is 12.8. The number of rotatable bonds is 12. The molecule has 1 N–H and O–H groups in total. The molecule has 1 heterocycles. The number of carbonyl (C=O) groups excluding carboxylic acids is 1. The second-order valence-electron chi connectivity index (χ2n) is 7.85. The highest BCUT2D eigenvalue weighted by Crippen LogP contribution is 2.25. The number of unbranched alkanes of at least 4 members (excludes halogenated alkanes) is 4. The van der Waals surface area contributed by atoms with Crippen molar-refractivity contribution in [2.45, 2.75) is 52.6 Å². The molecule has 0 aliphatic carbocycles. The van der Waals surface area contributed by atoms with Crippen molar-refractivity contribution in [3.63, 3.8) is 0 Å². The van der Waals surface area contributed by atoms with E-state index in [9.17, 15) is 4.79 Å². The molecular formula is C27H32N2O3. The first-order valence-electron chi connectivity index (χ1n) is 11.3. The average molecular weight is 433 g/mol. The number of nitrogens with zero attached hydrogens (tertiary/aromatic N) is 1. The summed E-state index contributed by atoms with van der Waals surface area (Å²) in [7, 11) is 0. The summed E-state index contributed by atoms with van der Waals surface area (Å²) in [5, 5.41) is 2.86. The number of anilines is 1. The lowest BCUT2D eigenvalue weighted by Crippen LogP contribution is -2.14. The third-order valence-corrected chi connectivity index (χ3v) is 5.16. The van der Waals surface area contributed by atoms with Gasteiger partial charge in [0.05, 0.1) is 24.1 Å². The molecule has 0 saturated carbocycles. The van der Waals surface area contributed by atoms with E-state index in [1.807, 2.05) is 37.3 Å². The number of hydrogen-bond acceptors (Lipinski definition) is 4. The Bertz CT molecular complexity index is 989. The van der Waals surface area contributed by atoms with Gasteiger partial charge in [-0.1, -0.05) is 56.4 Å². The Morgan fingerprint density at radius 1 is 0.938 bits per heavy atom. The molecule has 3 aromatic rings. The fourth-order valence-corrected chi connectivity index (χ4v) is 3.42. The summed E-state index contributed by atoms with van der Waals surface area (Å²) in [4.78, 5) is 16.8. The van der Waals surface area contributed by atoms with E-state index in [4.69, 9.17) is 9.47 Å². The van der Waals surface area contributed by atoms with Crippen molar-refractivity contribution in [1.29, 1.82) is 0 Å². The molecule has 0 bridgehead atoms. The van der Waals surface area contributed by atoms with Gasteiger partial charge in [-0.05, 0) is 49.7 Å². The molecule has 0 unspecified atom stereocenters. The van der Waals surface area contributed by atoms with Gasteiger partial charge in [-0.15, -0.1) is 0 Å². The van der Waals surface area contributed by atoms with Crippen LogP contribution in [-0.2, 0) is 6.61 Å². The molecule has 0 fully saturated rings. The van der Waals surface area contributed by atoms with E-state index in [1.165, 1.54) is 25.7 Å². The number of ether oxygens (including phenoxy) is 2. The minimum absolute atomic E-state index is 0.235. The van der Waals surface area contributed by atoms with E-state index in [-0.39, 0.29) is 5.91 Å². The van der Waals surface area contributed by atoms with Crippen molar-refractivity contribution in [3.05, 3.63) is 83.7 Å². The van der Waals surface area contributed by atoms with Crippen LogP contribution in [0.3, 0.4) is 0 Å². The zero-order valence-electron chi connectivity index (χ0n) is 19.0. The zero-order chi connectivity index (χ0) is 22.6. The maximum Gasteiger partial charge on any atom is 0.259 e. The molecular weight excluding hydrogens is 400 g/mol. The van der Waals surface area contributed by atoms with Crippen LogP contribution in [-0.4, -0.2) is 17.5 Å². The van der Waals surface area contributed by atoms with Gasteiger partial charge in [0.15, 0.2) is 0 Å². The molecule has 168 valence electrons. The van der Waals surface area contributed by atoms with Crippen LogP contribution in [0.5, 0.6) is 11.5 Å². The molecule has 5 heteroatoms. The van der Waals surface area contributed by atoms with Crippen LogP contribution in [0, 0.1) is 6.92 Å². The van der Waals surface area contributed by atoms with Gasteiger partial charge < -0.3 is 14.8 Å². The third kappa shape index (κ3) is 7.12. The molecule has 0 radical (unpaired) electrons. The summed E-state index contributed by atoms with van der Waals surface area (Å²) in [6, 6.07) is 16.9. The first-order valence-corrected chi connectivity index (χ1v) is 11.3. The monoisotopic (exact) mass is 432 g/mol. The quantitative estimate of drug-likeness (QED) is 0.329. The summed E-state index contributed by atoms with van der Waals surface area (Å²) >= 11 is 0. The molecule has 5 nitrogen and oxygen atoms in total. The van der Waals surface area contributed by atoms with Gasteiger partial charge in [-0.2, -0.15) is 0 Å². The van der Waals surface area contributed by atoms with Gasteiger partial charge in [0.2, 0.25) is 0 Å². The van der Waals surface area contributed by atoms with Gasteiger partial charge in [0, 0.05) is 11.8 Å². The van der Waals surface area contributed by atoms with Crippen molar-refractivity contribution in [3.8, 4) is 11.5 Å².